The highest BCUT2D eigenvalue weighted by Crippen LogP contribution is 2.19. The third-order valence-corrected chi connectivity index (χ3v) is 4.58. The van der Waals surface area contributed by atoms with E-state index in [0.29, 0.717) is 24.2 Å². The molecule has 0 atom stereocenters. The van der Waals surface area contributed by atoms with Crippen molar-refractivity contribution in [3.8, 4) is 0 Å². The van der Waals surface area contributed by atoms with Crippen molar-refractivity contribution >= 4 is 11.7 Å². The molecule has 1 N–H and O–H groups in total. The van der Waals surface area contributed by atoms with Crippen molar-refractivity contribution in [1.29, 1.82) is 0 Å². The zero-order valence-corrected chi connectivity index (χ0v) is 13.2. The van der Waals surface area contributed by atoms with Gasteiger partial charge < -0.3 is 19.7 Å². The van der Waals surface area contributed by atoms with E-state index in [1.807, 2.05) is 11.9 Å². The fourth-order valence-electron chi connectivity index (χ4n) is 3.31. The van der Waals surface area contributed by atoms with Crippen molar-refractivity contribution in [1.82, 2.24) is 19.7 Å². The Balaban J connectivity index is 1.60. The van der Waals surface area contributed by atoms with E-state index < -0.39 is 0 Å². The van der Waals surface area contributed by atoms with Crippen molar-refractivity contribution in [3.05, 3.63) is 23.5 Å². The molecular weight excluding hydrogens is 280 g/mol. The molecule has 0 unspecified atom stereocenters. The average molecular weight is 304 g/mol. The maximum Gasteiger partial charge on any atom is 0.256 e. The summed E-state index contributed by atoms with van der Waals surface area (Å²) in [6.07, 6.45) is 3.18. The normalized spacial score (nSPS) is 20.1. The van der Waals surface area contributed by atoms with Crippen molar-refractivity contribution in [2.24, 2.45) is 7.05 Å². The molecule has 0 radical (unpaired) electrons. The molecule has 2 aliphatic heterocycles. The molecule has 0 aromatic carbocycles. The van der Waals surface area contributed by atoms with Gasteiger partial charge in [0.15, 0.2) is 5.78 Å². The predicted octanol–water partition coefficient (Wildman–Crippen LogP) is 0.349. The fourth-order valence-corrected chi connectivity index (χ4v) is 3.31. The summed E-state index contributed by atoms with van der Waals surface area (Å²) < 4.78 is 1.76. The van der Waals surface area contributed by atoms with Gasteiger partial charge in [0, 0.05) is 58.9 Å². The van der Waals surface area contributed by atoms with Crippen molar-refractivity contribution in [2.45, 2.75) is 12.8 Å². The molecule has 1 saturated heterocycles. The molecule has 0 saturated carbocycles. The summed E-state index contributed by atoms with van der Waals surface area (Å²) in [6, 6.07) is 1.77. The molecule has 120 valence electrons. The Kier molecular flexibility index (Phi) is 4.59. The second-order valence-electron chi connectivity index (χ2n) is 6.10. The molecule has 1 aromatic heterocycles. The summed E-state index contributed by atoms with van der Waals surface area (Å²) in [7, 11) is 1.82. The van der Waals surface area contributed by atoms with E-state index in [0.717, 1.165) is 45.7 Å². The Labute approximate surface area is 131 Å². The standard InChI is InChI=1S/C16H24N4O2/c1-18-9-3-13-15(18)14(21)4-10-20(16(13)22)8-2-7-19-11-5-17-6-12-19/h3,9,17H,2,4-8,10-12H2,1H3. The van der Waals surface area contributed by atoms with Gasteiger partial charge in [-0.15, -0.1) is 0 Å². The van der Waals surface area contributed by atoms with E-state index in [1.165, 1.54) is 0 Å². The molecule has 22 heavy (non-hydrogen) atoms. The Morgan fingerprint density at radius 2 is 1.91 bits per heavy atom. The van der Waals surface area contributed by atoms with Gasteiger partial charge in [0.1, 0.15) is 0 Å². The molecule has 2 aliphatic rings. The number of hydrogen-bond acceptors (Lipinski definition) is 4. The number of aryl methyl sites for hydroxylation is 1. The van der Waals surface area contributed by atoms with Crippen LogP contribution in [0.1, 0.15) is 33.7 Å². The van der Waals surface area contributed by atoms with E-state index in [4.69, 9.17) is 0 Å². The number of rotatable bonds is 4. The number of piperazine rings is 1. The summed E-state index contributed by atoms with van der Waals surface area (Å²) >= 11 is 0. The van der Waals surface area contributed by atoms with E-state index in [1.54, 1.807) is 16.8 Å². The topological polar surface area (TPSA) is 57.6 Å². The van der Waals surface area contributed by atoms with Gasteiger partial charge in [-0.25, -0.2) is 0 Å². The van der Waals surface area contributed by atoms with Crippen LogP contribution in [0.25, 0.3) is 0 Å². The maximum absolute atomic E-state index is 12.6. The van der Waals surface area contributed by atoms with Crippen LogP contribution in [0.15, 0.2) is 12.3 Å². The largest absolute Gasteiger partial charge is 0.348 e. The minimum atomic E-state index is 0.00163. The van der Waals surface area contributed by atoms with Gasteiger partial charge in [-0.3, -0.25) is 9.59 Å². The molecule has 6 nitrogen and oxygen atoms in total. The van der Waals surface area contributed by atoms with Crippen molar-refractivity contribution < 1.29 is 9.59 Å². The Morgan fingerprint density at radius 1 is 1.14 bits per heavy atom. The van der Waals surface area contributed by atoms with Crippen LogP contribution < -0.4 is 5.32 Å². The first-order valence-electron chi connectivity index (χ1n) is 8.07. The zero-order chi connectivity index (χ0) is 15.5. The van der Waals surface area contributed by atoms with Crippen LogP contribution in [0, 0.1) is 0 Å². The number of carbonyl (C=O) groups excluding carboxylic acids is 2. The molecule has 0 spiro atoms. The van der Waals surface area contributed by atoms with Gasteiger partial charge in [-0.2, -0.15) is 0 Å². The number of Topliss-reactive ketones (excluding diaryl/α,β-unsaturated/α-hetero) is 1. The first kappa shape index (κ1) is 15.2. The summed E-state index contributed by atoms with van der Waals surface area (Å²) in [4.78, 5) is 29.1. The third-order valence-electron chi connectivity index (χ3n) is 4.58. The van der Waals surface area contributed by atoms with Crippen LogP contribution in [0.4, 0.5) is 0 Å². The van der Waals surface area contributed by atoms with Crippen LogP contribution in [0.2, 0.25) is 0 Å². The monoisotopic (exact) mass is 304 g/mol. The number of aromatic nitrogens is 1. The first-order chi connectivity index (χ1) is 10.7. The number of amides is 1. The summed E-state index contributed by atoms with van der Waals surface area (Å²) in [5, 5.41) is 3.34. The average Bonchev–Trinajstić information content (AvgIpc) is 2.87. The fraction of sp³-hybridized carbons (Fsp3) is 0.625. The molecule has 3 rings (SSSR count). The minimum absolute atomic E-state index is 0.00163. The number of nitrogens with zero attached hydrogens (tertiary/aromatic N) is 3. The molecule has 1 amide bonds. The molecule has 6 heteroatoms. The molecule has 1 aromatic rings. The maximum atomic E-state index is 12.6. The zero-order valence-electron chi connectivity index (χ0n) is 13.2. The number of hydrogen-bond donors (Lipinski definition) is 1. The number of ketones is 1. The second kappa shape index (κ2) is 6.62. The smallest absolute Gasteiger partial charge is 0.256 e. The lowest BCUT2D eigenvalue weighted by molar-refractivity contribution is 0.0749. The Bertz CT molecular complexity index is 560. The number of carbonyl (C=O) groups is 2. The van der Waals surface area contributed by atoms with Crippen molar-refractivity contribution in [2.75, 3.05) is 45.8 Å². The van der Waals surface area contributed by atoms with Crippen LogP contribution in [0.5, 0.6) is 0 Å². The van der Waals surface area contributed by atoms with E-state index in [2.05, 4.69) is 10.2 Å². The van der Waals surface area contributed by atoms with E-state index in [-0.39, 0.29) is 11.7 Å². The third kappa shape index (κ3) is 3.08. The van der Waals surface area contributed by atoms with Gasteiger partial charge in [0.25, 0.3) is 5.91 Å². The molecular formula is C16H24N4O2. The highest BCUT2D eigenvalue weighted by molar-refractivity contribution is 6.08. The second-order valence-corrected chi connectivity index (χ2v) is 6.10. The lowest BCUT2D eigenvalue weighted by Gasteiger charge is -2.28. The van der Waals surface area contributed by atoms with Crippen LogP contribution in [-0.4, -0.2) is 71.9 Å². The summed E-state index contributed by atoms with van der Waals surface area (Å²) in [6.45, 7) is 6.53. The molecule has 3 heterocycles. The first-order valence-corrected chi connectivity index (χ1v) is 8.07. The lowest BCUT2D eigenvalue weighted by Crippen LogP contribution is -2.44. The van der Waals surface area contributed by atoms with E-state index in [9.17, 15) is 9.59 Å². The van der Waals surface area contributed by atoms with Gasteiger partial charge in [0.05, 0.1) is 11.3 Å². The highest BCUT2D eigenvalue weighted by Gasteiger charge is 2.28. The van der Waals surface area contributed by atoms with Crippen molar-refractivity contribution in [3.63, 3.8) is 0 Å². The highest BCUT2D eigenvalue weighted by atomic mass is 16.2. The predicted molar refractivity (Wildman–Crippen MR) is 84.2 cm³/mol. The quantitative estimate of drug-likeness (QED) is 0.872. The lowest BCUT2D eigenvalue weighted by atomic mass is 10.1. The Morgan fingerprint density at radius 3 is 2.68 bits per heavy atom. The SMILES string of the molecule is Cn1ccc2c1C(=O)CCN(CCCN1CCNCC1)C2=O. The number of nitrogens with one attached hydrogen (secondary N) is 1. The summed E-state index contributed by atoms with van der Waals surface area (Å²) in [5.74, 6) is 0.0715. The number of fused-ring (bicyclic) bond motifs is 1. The van der Waals surface area contributed by atoms with Gasteiger partial charge in [0.2, 0.25) is 0 Å². The van der Waals surface area contributed by atoms with Crippen LogP contribution >= 0.6 is 0 Å². The Hall–Kier alpha value is -1.66. The van der Waals surface area contributed by atoms with Gasteiger partial charge in [-0.1, -0.05) is 0 Å². The van der Waals surface area contributed by atoms with Gasteiger partial charge in [-0.05, 0) is 19.0 Å². The van der Waals surface area contributed by atoms with Gasteiger partial charge >= 0.3 is 0 Å². The minimum Gasteiger partial charge on any atom is -0.348 e. The molecule has 1 fully saturated rings. The van der Waals surface area contributed by atoms with E-state index >= 15 is 0 Å². The van der Waals surface area contributed by atoms with Crippen LogP contribution in [0.3, 0.4) is 0 Å². The summed E-state index contributed by atoms with van der Waals surface area (Å²) in [5.41, 5.74) is 1.13. The van der Waals surface area contributed by atoms with Crippen LogP contribution in [-0.2, 0) is 7.05 Å². The molecule has 0 bridgehead atoms. The molecule has 0 aliphatic carbocycles.